The van der Waals surface area contributed by atoms with E-state index in [1.54, 1.807) is 5.56 Å². The van der Waals surface area contributed by atoms with E-state index < -0.39 is 0 Å². The second-order valence-corrected chi connectivity index (χ2v) is 7.27. The Hall–Kier alpha value is -0.820. The summed E-state index contributed by atoms with van der Waals surface area (Å²) in [6.07, 6.45) is 10.3. The van der Waals surface area contributed by atoms with Crippen molar-refractivity contribution < 1.29 is 0 Å². The summed E-state index contributed by atoms with van der Waals surface area (Å²) in [5, 5.41) is 3.80. The summed E-state index contributed by atoms with van der Waals surface area (Å²) in [7, 11) is 0. The summed E-state index contributed by atoms with van der Waals surface area (Å²) < 4.78 is 0. The van der Waals surface area contributed by atoms with Crippen molar-refractivity contribution in [1.82, 2.24) is 5.32 Å². The monoisotopic (exact) mass is 285 g/mol. The molecule has 0 amide bonds. The van der Waals surface area contributed by atoms with E-state index in [1.165, 1.54) is 50.5 Å². The van der Waals surface area contributed by atoms with Gasteiger partial charge in [0.2, 0.25) is 0 Å². The number of aryl methyl sites for hydroxylation is 1. The maximum Gasteiger partial charge on any atom is 0.0351 e. The van der Waals surface area contributed by atoms with E-state index >= 15 is 0 Å². The van der Waals surface area contributed by atoms with Gasteiger partial charge >= 0.3 is 0 Å². The molecule has 1 nitrogen and oxygen atoms in total. The third-order valence-electron chi connectivity index (χ3n) is 6.00. The van der Waals surface area contributed by atoms with Crippen LogP contribution in [0.3, 0.4) is 0 Å². The van der Waals surface area contributed by atoms with Gasteiger partial charge in [-0.15, -0.1) is 0 Å². The molecular formula is C20H31N. The molecule has 0 spiro atoms. The lowest BCUT2D eigenvalue weighted by Gasteiger charge is -2.42. The fourth-order valence-corrected chi connectivity index (χ4v) is 4.90. The van der Waals surface area contributed by atoms with E-state index in [4.69, 9.17) is 0 Å². The second kappa shape index (κ2) is 6.96. The van der Waals surface area contributed by atoms with Crippen LogP contribution in [0.2, 0.25) is 0 Å². The molecule has 0 heterocycles. The Morgan fingerprint density at radius 1 is 1.05 bits per heavy atom. The molecule has 4 atom stereocenters. The molecule has 3 rings (SSSR count). The highest BCUT2D eigenvalue weighted by Gasteiger charge is 2.35. The van der Waals surface area contributed by atoms with Crippen LogP contribution in [0.5, 0.6) is 0 Å². The predicted octanol–water partition coefficient (Wildman–Crippen LogP) is 5.25. The average molecular weight is 285 g/mol. The lowest BCUT2D eigenvalue weighted by Crippen LogP contribution is -2.35. The maximum atomic E-state index is 3.80. The largest absolute Gasteiger partial charge is 0.310 e. The summed E-state index contributed by atoms with van der Waals surface area (Å²) in [6, 6.07) is 9.56. The molecule has 2 saturated carbocycles. The first kappa shape index (κ1) is 15.1. The van der Waals surface area contributed by atoms with Gasteiger partial charge in [0.05, 0.1) is 0 Å². The van der Waals surface area contributed by atoms with Crippen molar-refractivity contribution in [3.8, 4) is 0 Å². The highest BCUT2D eigenvalue weighted by molar-refractivity contribution is 5.29. The zero-order chi connectivity index (χ0) is 14.7. The van der Waals surface area contributed by atoms with E-state index in [-0.39, 0.29) is 0 Å². The number of nitrogens with one attached hydrogen (secondary N) is 1. The van der Waals surface area contributed by atoms with Crippen LogP contribution >= 0.6 is 0 Å². The minimum Gasteiger partial charge on any atom is -0.310 e. The van der Waals surface area contributed by atoms with Crippen molar-refractivity contribution in [3.05, 3.63) is 35.4 Å². The molecule has 21 heavy (non-hydrogen) atoms. The lowest BCUT2D eigenvalue weighted by atomic mass is 9.65. The highest BCUT2D eigenvalue weighted by atomic mass is 14.9. The van der Waals surface area contributed by atoms with Crippen LogP contribution in [0, 0.1) is 24.7 Å². The Kier molecular flexibility index (Phi) is 5.00. The Bertz CT molecular complexity index is 453. The van der Waals surface area contributed by atoms with Crippen molar-refractivity contribution in [2.45, 2.75) is 64.8 Å². The van der Waals surface area contributed by atoms with Crippen molar-refractivity contribution in [1.29, 1.82) is 0 Å². The van der Waals surface area contributed by atoms with Crippen LogP contribution in [0.15, 0.2) is 24.3 Å². The van der Waals surface area contributed by atoms with Gasteiger partial charge in [-0.3, -0.25) is 0 Å². The molecule has 1 N–H and O–H groups in total. The molecule has 1 aromatic rings. The van der Waals surface area contributed by atoms with Crippen LogP contribution < -0.4 is 5.32 Å². The summed E-state index contributed by atoms with van der Waals surface area (Å²) in [6.45, 7) is 5.59. The zero-order valence-electron chi connectivity index (χ0n) is 13.8. The normalized spacial score (nSPS) is 30.7. The van der Waals surface area contributed by atoms with Gasteiger partial charge in [-0.2, -0.15) is 0 Å². The van der Waals surface area contributed by atoms with E-state index in [9.17, 15) is 0 Å². The number of hydrogen-bond acceptors (Lipinski definition) is 1. The van der Waals surface area contributed by atoms with E-state index in [0.29, 0.717) is 6.04 Å². The van der Waals surface area contributed by atoms with Crippen LogP contribution in [0.4, 0.5) is 0 Å². The molecule has 2 aliphatic carbocycles. The van der Waals surface area contributed by atoms with Crippen LogP contribution in [0.25, 0.3) is 0 Å². The maximum absolute atomic E-state index is 3.80. The summed E-state index contributed by atoms with van der Waals surface area (Å²) in [5.41, 5.74) is 2.99. The van der Waals surface area contributed by atoms with Crippen LogP contribution in [0.1, 0.15) is 69.0 Å². The smallest absolute Gasteiger partial charge is 0.0351 e. The van der Waals surface area contributed by atoms with E-state index in [0.717, 1.165) is 24.3 Å². The quantitative estimate of drug-likeness (QED) is 0.796. The first-order valence-corrected chi connectivity index (χ1v) is 9.08. The first-order valence-electron chi connectivity index (χ1n) is 9.08. The molecule has 2 fully saturated rings. The number of benzene rings is 1. The van der Waals surface area contributed by atoms with Crippen molar-refractivity contribution in [2.75, 3.05) is 6.54 Å². The lowest BCUT2D eigenvalue weighted by molar-refractivity contribution is 0.109. The van der Waals surface area contributed by atoms with Crippen molar-refractivity contribution in [2.24, 2.45) is 17.8 Å². The number of hydrogen-bond donors (Lipinski definition) is 1. The van der Waals surface area contributed by atoms with Gasteiger partial charge in [0.1, 0.15) is 0 Å². The van der Waals surface area contributed by atoms with Gasteiger partial charge in [0.15, 0.2) is 0 Å². The Morgan fingerprint density at radius 2 is 1.81 bits per heavy atom. The molecule has 116 valence electrons. The highest BCUT2D eigenvalue weighted by Crippen LogP contribution is 2.46. The minimum atomic E-state index is 0.569. The van der Waals surface area contributed by atoms with Gasteiger partial charge < -0.3 is 5.32 Å². The topological polar surface area (TPSA) is 12.0 Å². The first-order chi connectivity index (χ1) is 10.3. The van der Waals surface area contributed by atoms with Gasteiger partial charge in [-0.25, -0.2) is 0 Å². The second-order valence-electron chi connectivity index (χ2n) is 7.27. The van der Waals surface area contributed by atoms with Gasteiger partial charge in [0, 0.05) is 6.04 Å². The molecule has 0 saturated heterocycles. The molecule has 4 unspecified atom stereocenters. The fraction of sp³-hybridized carbons (Fsp3) is 0.700. The Labute approximate surface area is 130 Å². The Balaban J connectivity index is 1.76. The van der Waals surface area contributed by atoms with E-state index in [2.05, 4.69) is 43.4 Å². The third kappa shape index (κ3) is 3.34. The summed E-state index contributed by atoms with van der Waals surface area (Å²) >= 11 is 0. The molecule has 0 aliphatic heterocycles. The Morgan fingerprint density at radius 3 is 2.57 bits per heavy atom. The molecule has 0 bridgehead atoms. The van der Waals surface area contributed by atoms with Gasteiger partial charge in [0.25, 0.3) is 0 Å². The molecule has 0 radical (unpaired) electrons. The fourth-order valence-electron chi connectivity index (χ4n) is 4.90. The van der Waals surface area contributed by atoms with Gasteiger partial charge in [-0.1, -0.05) is 56.9 Å². The summed E-state index contributed by atoms with van der Waals surface area (Å²) in [4.78, 5) is 0. The summed E-state index contributed by atoms with van der Waals surface area (Å²) in [5.74, 6) is 2.90. The third-order valence-corrected chi connectivity index (χ3v) is 6.00. The average Bonchev–Trinajstić information content (AvgIpc) is 2.53. The number of fused-ring (bicyclic) bond motifs is 1. The standard InChI is InChI=1S/C20H31N/c1-3-21-20(19-11-7-4-8-15(19)2)18-13-12-16-9-5-6-10-17(16)14-18/h4,7-8,11,16-18,20-21H,3,5-6,9-10,12-14H2,1-2H3. The van der Waals surface area contributed by atoms with Crippen LogP contribution in [-0.2, 0) is 0 Å². The molecule has 1 heteroatoms. The van der Waals surface area contributed by atoms with Crippen LogP contribution in [-0.4, -0.2) is 6.54 Å². The van der Waals surface area contributed by atoms with Crippen molar-refractivity contribution >= 4 is 0 Å². The molecule has 0 aromatic heterocycles. The zero-order valence-corrected chi connectivity index (χ0v) is 13.8. The molecule has 2 aliphatic rings. The van der Waals surface area contributed by atoms with Crippen molar-refractivity contribution in [3.63, 3.8) is 0 Å². The number of rotatable bonds is 4. The minimum absolute atomic E-state index is 0.569. The molecule has 1 aromatic carbocycles. The van der Waals surface area contributed by atoms with Gasteiger partial charge in [-0.05, 0) is 61.6 Å². The van der Waals surface area contributed by atoms with E-state index in [1.807, 2.05) is 0 Å². The SMILES string of the molecule is CCNC(c1ccccc1C)C1CCC2CCCCC2C1. The molecular weight excluding hydrogens is 254 g/mol. The predicted molar refractivity (Wildman–Crippen MR) is 90.4 cm³/mol.